The van der Waals surface area contributed by atoms with E-state index in [1.54, 1.807) is 0 Å². The first-order valence-corrected chi connectivity index (χ1v) is 7.93. The first kappa shape index (κ1) is 11.5. The second-order valence-electron chi connectivity index (χ2n) is 8.11. The van der Waals surface area contributed by atoms with E-state index < -0.39 is 5.60 Å². The number of hydrogen-bond acceptors (Lipinski definition) is 1. The highest BCUT2D eigenvalue weighted by Crippen LogP contribution is 2.67. The quantitative estimate of drug-likeness (QED) is 0.595. The van der Waals surface area contributed by atoms with Gasteiger partial charge < -0.3 is 5.11 Å². The molecule has 100 valence electrons. The summed E-state index contributed by atoms with van der Waals surface area (Å²) in [5, 5.41) is 9.93. The Balaban J connectivity index is 1.47. The lowest BCUT2D eigenvalue weighted by Crippen LogP contribution is -2.32. The second-order valence-corrected chi connectivity index (χ2v) is 8.11. The molecule has 4 bridgehead atoms. The van der Waals surface area contributed by atoms with E-state index in [4.69, 9.17) is 0 Å². The molecule has 18 heavy (non-hydrogen) atoms. The minimum Gasteiger partial charge on any atom is -0.390 e. The predicted molar refractivity (Wildman–Crippen MR) is 73.0 cm³/mol. The smallest absolute Gasteiger partial charge is 0.0591 e. The molecule has 0 saturated heterocycles. The van der Waals surface area contributed by atoms with Crippen LogP contribution in [0.1, 0.15) is 46.0 Å². The largest absolute Gasteiger partial charge is 0.390 e. The molecule has 0 aliphatic heterocycles. The van der Waals surface area contributed by atoms with Crippen LogP contribution in [0.25, 0.3) is 0 Å². The molecule has 4 aliphatic rings. The highest BCUT2D eigenvalue weighted by atomic mass is 16.3. The van der Waals surface area contributed by atoms with Gasteiger partial charge in [0.2, 0.25) is 0 Å². The fourth-order valence-electron chi connectivity index (χ4n) is 6.02. The standard InChI is InChI=1S/C17H26O/c1-17(2,18)6-5-10-7-13-9-14(10)16-12-4-3-11(8-12)15(13)16/h3-4,10-16,18H,5-9H2,1-2H3. The first-order valence-electron chi connectivity index (χ1n) is 7.93. The summed E-state index contributed by atoms with van der Waals surface area (Å²) in [5.74, 6) is 6.93. The third-order valence-electron chi connectivity index (χ3n) is 6.53. The molecule has 7 unspecified atom stereocenters. The summed E-state index contributed by atoms with van der Waals surface area (Å²) in [6.45, 7) is 3.92. The van der Waals surface area contributed by atoms with E-state index in [0.717, 1.165) is 47.8 Å². The second kappa shape index (κ2) is 3.62. The molecule has 1 nitrogen and oxygen atoms in total. The van der Waals surface area contributed by atoms with Gasteiger partial charge in [0.05, 0.1) is 5.60 Å². The van der Waals surface area contributed by atoms with Crippen molar-refractivity contribution in [3.8, 4) is 0 Å². The number of hydrogen-bond donors (Lipinski definition) is 1. The van der Waals surface area contributed by atoms with Crippen LogP contribution in [0.3, 0.4) is 0 Å². The van der Waals surface area contributed by atoms with E-state index in [9.17, 15) is 5.11 Å². The van der Waals surface area contributed by atoms with Crippen LogP contribution >= 0.6 is 0 Å². The molecule has 0 aromatic rings. The summed E-state index contributed by atoms with van der Waals surface area (Å²) in [4.78, 5) is 0. The first-order chi connectivity index (χ1) is 8.53. The zero-order valence-corrected chi connectivity index (χ0v) is 11.7. The Labute approximate surface area is 111 Å². The van der Waals surface area contributed by atoms with Gasteiger partial charge in [-0.15, -0.1) is 0 Å². The molecule has 4 aliphatic carbocycles. The van der Waals surface area contributed by atoms with Crippen molar-refractivity contribution in [2.75, 3.05) is 0 Å². The topological polar surface area (TPSA) is 20.2 Å². The maximum Gasteiger partial charge on any atom is 0.0591 e. The molecule has 7 atom stereocenters. The lowest BCUT2D eigenvalue weighted by Gasteiger charge is -2.37. The van der Waals surface area contributed by atoms with Gasteiger partial charge in [-0.3, -0.25) is 0 Å². The molecule has 0 heterocycles. The van der Waals surface area contributed by atoms with Gasteiger partial charge in [-0.2, -0.15) is 0 Å². The molecule has 1 N–H and O–H groups in total. The van der Waals surface area contributed by atoms with Crippen LogP contribution < -0.4 is 0 Å². The Morgan fingerprint density at radius 3 is 2.50 bits per heavy atom. The van der Waals surface area contributed by atoms with Crippen molar-refractivity contribution in [1.29, 1.82) is 0 Å². The van der Waals surface area contributed by atoms with Crippen LogP contribution in [-0.2, 0) is 0 Å². The molecule has 0 aromatic heterocycles. The van der Waals surface area contributed by atoms with Gasteiger partial charge in [-0.05, 0) is 87.4 Å². The lowest BCUT2D eigenvalue weighted by atomic mass is 9.68. The van der Waals surface area contributed by atoms with Gasteiger partial charge in [-0.1, -0.05) is 12.2 Å². The third-order valence-corrected chi connectivity index (χ3v) is 6.53. The van der Waals surface area contributed by atoms with Crippen LogP contribution in [0, 0.1) is 41.4 Å². The fourth-order valence-corrected chi connectivity index (χ4v) is 6.02. The number of rotatable bonds is 3. The van der Waals surface area contributed by atoms with Gasteiger partial charge in [0.1, 0.15) is 0 Å². The average Bonchev–Trinajstić information content (AvgIpc) is 3.02. The summed E-state index contributed by atoms with van der Waals surface area (Å²) >= 11 is 0. The van der Waals surface area contributed by atoms with Crippen LogP contribution in [0.5, 0.6) is 0 Å². The maximum atomic E-state index is 9.93. The van der Waals surface area contributed by atoms with E-state index in [2.05, 4.69) is 12.2 Å². The van der Waals surface area contributed by atoms with E-state index >= 15 is 0 Å². The average molecular weight is 246 g/mol. The van der Waals surface area contributed by atoms with Crippen molar-refractivity contribution >= 4 is 0 Å². The molecule has 1 heteroatoms. The monoisotopic (exact) mass is 246 g/mol. The van der Waals surface area contributed by atoms with Gasteiger partial charge in [0.25, 0.3) is 0 Å². The van der Waals surface area contributed by atoms with Crippen molar-refractivity contribution in [1.82, 2.24) is 0 Å². The predicted octanol–water partition coefficient (Wildman–Crippen LogP) is 3.63. The highest BCUT2D eigenvalue weighted by molar-refractivity contribution is 5.20. The van der Waals surface area contributed by atoms with Crippen molar-refractivity contribution in [3.05, 3.63) is 12.2 Å². The summed E-state index contributed by atoms with van der Waals surface area (Å²) in [7, 11) is 0. The summed E-state index contributed by atoms with van der Waals surface area (Å²) in [5.41, 5.74) is -0.462. The molecule has 3 saturated carbocycles. The zero-order valence-electron chi connectivity index (χ0n) is 11.7. The van der Waals surface area contributed by atoms with Crippen LogP contribution in [0.4, 0.5) is 0 Å². The van der Waals surface area contributed by atoms with Gasteiger partial charge in [-0.25, -0.2) is 0 Å². The van der Waals surface area contributed by atoms with Crippen molar-refractivity contribution in [2.24, 2.45) is 41.4 Å². The van der Waals surface area contributed by atoms with Crippen molar-refractivity contribution < 1.29 is 5.11 Å². The molecule has 3 fully saturated rings. The van der Waals surface area contributed by atoms with Gasteiger partial charge >= 0.3 is 0 Å². The Morgan fingerprint density at radius 2 is 1.78 bits per heavy atom. The molecule has 0 amide bonds. The number of aliphatic hydroxyl groups is 1. The summed E-state index contributed by atoms with van der Waals surface area (Å²) in [6, 6.07) is 0. The lowest BCUT2D eigenvalue weighted by molar-refractivity contribution is 0.0522. The SMILES string of the molecule is CC(C)(O)CCC1CC2CC1C1C3C=CC(C3)C21. The van der Waals surface area contributed by atoms with Crippen LogP contribution in [0.2, 0.25) is 0 Å². The maximum absolute atomic E-state index is 9.93. The Bertz CT molecular complexity index is 378. The molecular formula is C17H26O. The van der Waals surface area contributed by atoms with Gasteiger partial charge in [0, 0.05) is 0 Å². The zero-order chi connectivity index (χ0) is 12.5. The van der Waals surface area contributed by atoms with Crippen molar-refractivity contribution in [3.63, 3.8) is 0 Å². The molecule has 0 radical (unpaired) electrons. The Morgan fingerprint density at radius 1 is 1.06 bits per heavy atom. The molecule has 0 spiro atoms. The minimum atomic E-state index is -0.462. The van der Waals surface area contributed by atoms with E-state index in [0.29, 0.717) is 0 Å². The van der Waals surface area contributed by atoms with E-state index in [1.807, 2.05) is 13.8 Å². The normalized spacial score (nSPS) is 52.3. The summed E-state index contributed by atoms with van der Waals surface area (Å²) < 4.78 is 0. The van der Waals surface area contributed by atoms with Crippen LogP contribution in [-0.4, -0.2) is 10.7 Å². The number of fused-ring (bicyclic) bond motifs is 9. The highest BCUT2D eigenvalue weighted by Gasteiger charge is 2.60. The fraction of sp³-hybridized carbons (Fsp3) is 0.882. The third kappa shape index (κ3) is 1.56. The molecular weight excluding hydrogens is 220 g/mol. The Hall–Kier alpha value is -0.300. The number of allylic oxidation sites excluding steroid dienone is 2. The van der Waals surface area contributed by atoms with Crippen LogP contribution in [0.15, 0.2) is 12.2 Å². The van der Waals surface area contributed by atoms with E-state index in [-0.39, 0.29) is 0 Å². The molecule has 0 aromatic carbocycles. The van der Waals surface area contributed by atoms with E-state index in [1.165, 1.54) is 25.7 Å². The Kier molecular flexibility index (Phi) is 2.32. The summed E-state index contributed by atoms with van der Waals surface area (Å²) in [6.07, 6.45) is 11.8. The van der Waals surface area contributed by atoms with Crippen molar-refractivity contribution in [2.45, 2.75) is 51.6 Å². The van der Waals surface area contributed by atoms with Gasteiger partial charge in [0.15, 0.2) is 0 Å². The minimum absolute atomic E-state index is 0.462. The molecule has 4 rings (SSSR count).